The van der Waals surface area contributed by atoms with Crippen molar-refractivity contribution in [2.45, 2.75) is 19.3 Å². The summed E-state index contributed by atoms with van der Waals surface area (Å²) in [6.07, 6.45) is 1.17. The average molecular weight is 514 g/mol. The van der Waals surface area contributed by atoms with Crippen LogP contribution < -0.4 is 20.3 Å². The Kier molecular flexibility index (Phi) is 9.37. The minimum Gasteiger partial charge on any atom is -0.495 e. The summed E-state index contributed by atoms with van der Waals surface area (Å²) in [5.74, 6) is 2.92. The highest BCUT2D eigenvalue weighted by atomic mass is 127. The Labute approximate surface area is 189 Å². The number of methoxy groups -OCH3 is 1. The predicted molar refractivity (Wildman–Crippen MR) is 131 cm³/mol. The summed E-state index contributed by atoms with van der Waals surface area (Å²) < 4.78 is 5.51. The molecule has 0 radical (unpaired) electrons. The van der Waals surface area contributed by atoms with Gasteiger partial charge in [-0.15, -0.1) is 35.3 Å². The molecule has 7 heteroatoms. The molecule has 1 aromatic carbocycles. The van der Waals surface area contributed by atoms with Crippen LogP contribution in [0.5, 0.6) is 5.75 Å². The van der Waals surface area contributed by atoms with E-state index in [-0.39, 0.29) is 24.0 Å². The van der Waals surface area contributed by atoms with E-state index in [1.165, 1.54) is 17.0 Å². The third-order valence-corrected chi connectivity index (χ3v) is 6.20. The van der Waals surface area contributed by atoms with Crippen molar-refractivity contribution < 1.29 is 4.74 Å². The fraction of sp³-hybridized carbons (Fsp3) is 0.476. The van der Waals surface area contributed by atoms with Gasteiger partial charge in [0.05, 0.1) is 12.8 Å². The lowest BCUT2D eigenvalue weighted by Crippen LogP contribution is -2.41. The van der Waals surface area contributed by atoms with Crippen molar-refractivity contribution in [2.24, 2.45) is 10.9 Å². The molecule has 0 spiro atoms. The second-order valence-corrected chi connectivity index (χ2v) is 8.00. The van der Waals surface area contributed by atoms with Gasteiger partial charge in [0.2, 0.25) is 0 Å². The Morgan fingerprint density at radius 3 is 2.82 bits per heavy atom. The van der Waals surface area contributed by atoms with Gasteiger partial charge >= 0.3 is 0 Å². The maximum atomic E-state index is 5.51. The zero-order valence-corrected chi connectivity index (χ0v) is 20.0. The number of nitrogens with one attached hydrogen (secondary N) is 2. The predicted octanol–water partition coefficient (Wildman–Crippen LogP) is 4.17. The lowest BCUT2D eigenvalue weighted by molar-refractivity contribution is 0.414. The number of rotatable bonds is 7. The monoisotopic (exact) mass is 514 g/mol. The topological polar surface area (TPSA) is 48.9 Å². The van der Waals surface area contributed by atoms with E-state index in [4.69, 9.17) is 4.74 Å². The number of guanidine groups is 1. The number of thiophene rings is 1. The summed E-state index contributed by atoms with van der Waals surface area (Å²) in [5.41, 5.74) is 1.19. The quantitative estimate of drug-likeness (QED) is 0.331. The van der Waals surface area contributed by atoms with Gasteiger partial charge < -0.3 is 20.3 Å². The van der Waals surface area contributed by atoms with Crippen molar-refractivity contribution in [2.75, 3.05) is 45.2 Å². The van der Waals surface area contributed by atoms with Crippen LogP contribution in [0.1, 0.15) is 24.1 Å². The van der Waals surface area contributed by atoms with Crippen molar-refractivity contribution in [1.29, 1.82) is 0 Å². The molecule has 0 aliphatic carbocycles. The molecule has 154 valence electrons. The van der Waals surface area contributed by atoms with Crippen LogP contribution in [0.2, 0.25) is 0 Å². The molecule has 0 bridgehead atoms. The fourth-order valence-electron chi connectivity index (χ4n) is 3.49. The lowest BCUT2D eigenvalue weighted by Gasteiger charge is -2.21. The van der Waals surface area contributed by atoms with Crippen LogP contribution in [0.25, 0.3) is 0 Å². The molecule has 28 heavy (non-hydrogen) atoms. The largest absolute Gasteiger partial charge is 0.495 e. The molecule has 2 aromatic rings. The maximum absolute atomic E-state index is 5.51. The summed E-state index contributed by atoms with van der Waals surface area (Å²) in [6, 6.07) is 12.6. The zero-order valence-electron chi connectivity index (χ0n) is 16.9. The van der Waals surface area contributed by atoms with Gasteiger partial charge in [0, 0.05) is 44.0 Å². The normalized spacial score (nSPS) is 17.8. The molecule has 2 heterocycles. The van der Waals surface area contributed by atoms with Gasteiger partial charge in [0.15, 0.2) is 5.96 Å². The highest BCUT2D eigenvalue weighted by Gasteiger charge is 2.24. The van der Waals surface area contributed by atoms with Gasteiger partial charge in [-0.05, 0) is 35.9 Å². The van der Waals surface area contributed by atoms with Gasteiger partial charge in [0.1, 0.15) is 5.75 Å². The van der Waals surface area contributed by atoms with Crippen LogP contribution in [0, 0.1) is 5.92 Å². The van der Waals surface area contributed by atoms with Gasteiger partial charge in [-0.1, -0.05) is 25.1 Å². The number of aliphatic imine (C=N–C) groups is 1. The third kappa shape index (κ3) is 6.01. The number of hydrogen-bond donors (Lipinski definition) is 2. The Hall–Kier alpha value is -1.48. The van der Waals surface area contributed by atoms with E-state index in [1.807, 2.05) is 30.5 Å². The van der Waals surface area contributed by atoms with E-state index in [2.05, 4.69) is 57.1 Å². The first-order valence-electron chi connectivity index (χ1n) is 9.57. The van der Waals surface area contributed by atoms with Gasteiger partial charge in [-0.25, -0.2) is 0 Å². The molecule has 1 aromatic heterocycles. The molecule has 5 nitrogen and oxygen atoms in total. The van der Waals surface area contributed by atoms with Crippen LogP contribution in [0.3, 0.4) is 0 Å². The zero-order chi connectivity index (χ0) is 19.1. The van der Waals surface area contributed by atoms with Crippen LogP contribution >= 0.6 is 35.3 Å². The van der Waals surface area contributed by atoms with Crippen LogP contribution in [0.4, 0.5) is 5.69 Å². The van der Waals surface area contributed by atoms with Crippen LogP contribution in [-0.2, 0) is 0 Å². The van der Waals surface area contributed by atoms with E-state index >= 15 is 0 Å². The van der Waals surface area contributed by atoms with E-state index in [1.54, 1.807) is 7.11 Å². The van der Waals surface area contributed by atoms with Gasteiger partial charge in [-0.2, -0.15) is 0 Å². The van der Waals surface area contributed by atoms with Crippen molar-refractivity contribution in [3.8, 4) is 5.75 Å². The third-order valence-electron chi connectivity index (χ3n) is 5.10. The summed E-state index contributed by atoms with van der Waals surface area (Å²) >= 11 is 1.81. The van der Waals surface area contributed by atoms with E-state index in [0.29, 0.717) is 11.8 Å². The van der Waals surface area contributed by atoms with E-state index < -0.39 is 0 Å². The average Bonchev–Trinajstić information content (AvgIpc) is 3.40. The van der Waals surface area contributed by atoms with Gasteiger partial charge in [-0.3, -0.25) is 4.99 Å². The summed E-state index contributed by atoms with van der Waals surface area (Å²) in [6.45, 7) is 6.16. The Morgan fingerprint density at radius 1 is 1.29 bits per heavy atom. The number of ether oxygens (including phenoxy) is 1. The van der Waals surface area contributed by atoms with Crippen molar-refractivity contribution >= 4 is 47.0 Å². The molecular weight excluding hydrogens is 483 g/mol. The number of halogens is 1. The Balaban J connectivity index is 0.00000280. The number of para-hydroxylation sites is 2. The van der Waals surface area contributed by atoms with Crippen LogP contribution in [-0.4, -0.2) is 46.3 Å². The first-order chi connectivity index (χ1) is 13.2. The molecule has 0 saturated carbocycles. The first kappa shape index (κ1) is 22.8. The molecular formula is C21H31IN4OS. The molecule has 1 fully saturated rings. The lowest BCUT2D eigenvalue weighted by atomic mass is 10.1. The molecule has 0 amide bonds. The fourth-order valence-corrected chi connectivity index (χ4v) is 4.28. The number of anilines is 1. The van der Waals surface area contributed by atoms with Crippen molar-refractivity contribution in [3.63, 3.8) is 0 Å². The Morgan fingerprint density at radius 2 is 2.11 bits per heavy atom. The van der Waals surface area contributed by atoms with E-state index in [9.17, 15) is 0 Å². The second-order valence-electron chi connectivity index (χ2n) is 7.02. The minimum absolute atomic E-state index is 0. The molecule has 1 aliphatic heterocycles. The summed E-state index contributed by atoms with van der Waals surface area (Å²) in [4.78, 5) is 8.19. The minimum atomic E-state index is 0. The van der Waals surface area contributed by atoms with Crippen molar-refractivity contribution in [1.82, 2.24) is 10.6 Å². The molecule has 1 aliphatic rings. The molecule has 3 rings (SSSR count). The Bertz CT molecular complexity index is 738. The smallest absolute Gasteiger partial charge is 0.191 e. The highest BCUT2D eigenvalue weighted by Crippen LogP contribution is 2.31. The highest BCUT2D eigenvalue weighted by molar-refractivity contribution is 14.0. The molecule has 2 atom stereocenters. The molecule has 2 N–H and O–H groups in total. The van der Waals surface area contributed by atoms with E-state index in [0.717, 1.165) is 37.9 Å². The standard InChI is InChI=1S/C21H30N4OS.HI/c1-16(20-9-6-12-27-20)13-23-21(22-2)24-14-17-10-11-25(15-17)18-7-4-5-8-19(18)26-3;/h4-9,12,16-17H,10-11,13-15H2,1-3H3,(H2,22,23,24);1H. The van der Waals surface area contributed by atoms with Crippen molar-refractivity contribution in [3.05, 3.63) is 46.7 Å². The maximum Gasteiger partial charge on any atom is 0.191 e. The van der Waals surface area contributed by atoms with Gasteiger partial charge in [0.25, 0.3) is 0 Å². The summed E-state index contributed by atoms with van der Waals surface area (Å²) in [5, 5.41) is 9.08. The summed E-state index contributed by atoms with van der Waals surface area (Å²) in [7, 11) is 3.57. The number of nitrogens with zero attached hydrogens (tertiary/aromatic N) is 2. The molecule has 1 saturated heterocycles. The van der Waals surface area contributed by atoms with Crippen LogP contribution in [0.15, 0.2) is 46.8 Å². The molecule has 2 unspecified atom stereocenters. The number of benzene rings is 1. The first-order valence-corrected chi connectivity index (χ1v) is 10.4. The second kappa shape index (κ2) is 11.5. The SMILES string of the molecule is CN=C(NCC1CCN(c2ccccc2OC)C1)NCC(C)c1cccs1.I. The number of hydrogen-bond acceptors (Lipinski definition) is 4.